The number of amides is 1. The first-order chi connectivity index (χ1) is 13.5. The number of rotatable bonds is 4. The quantitative estimate of drug-likeness (QED) is 0.574. The van der Waals surface area contributed by atoms with Gasteiger partial charge in [0.15, 0.2) is 0 Å². The zero-order valence-corrected chi connectivity index (χ0v) is 15.6. The van der Waals surface area contributed by atoms with Gasteiger partial charge in [-0.25, -0.2) is 14.3 Å². The average Bonchev–Trinajstić information content (AvgIpc) is 3.20. The van der Waals surface area contributed by atoms with Crippen LogP contribution in [0, 0.1) is 6.92 Å². The summed E-state index contributed by atoms with van der Waals surface area (Å²) in [7, 11) is 0. The van der Waals surface area contributed by atoms with E-state index in [1.54, 1.807) is 37.3 Å². The van der Waals surface area contributed by atoms with Crippen LogP contribution in [0.3, 0.4) is 0 Å². The zero-order chi connectivity index (χ0) is 19.7. The highest BCUT2D eigenvalue weighted by Gasteiger charge is 2.14. The van der Waals surface area contributed by atoms with Crippen LogP contribution in [0.1, 0.15) is 5.69 Å². The zero-order valence-electron chi connectivity index (χ0n) is 14.8. The Labute approximate surface area is 164 Å². The normalized spacial score (nSPS) is 10.9. The molecule has 0 fully saturated rings. The molecule has 140 valence electrons. The fourth-order valence-corrected chi connectivity index (χ4v) is 3.15. The lowest BCUT2D eigenvalue weighted by atomic mass is 10.1. The van der Waals surface area contributed by atoms with E-state index in [0.717, 1.165) is 10.1 Å². The minimum absolute atomic E-state index is 0.228. The maximum atomic E-state index is 12.7. The Morgan fingerprint density at radius 3 is 2.71 bits per heavy atom. The smallest absolute Gasteiger partial charge is 0.275 e. The molecular formula is C19H15ClN6O2. The maximum absolute atomic E-state index is 12.7. The summed E-state index contributed by atoms with van der Waals surface area (Å²) < 4.78 is 2.67. The molecule has 2 heterocycles. The number of aryl methyl sites for hydroxylation is 1. The molecule has 9 heteroatoms. The van der Waals surface area contributed by atoms with Crippen molar-refractivity contribution in [3.8, 4) is 5.69 Å². The van der Waals surface area contributed by atoms with Crippen LogP contribution in [0.2, 0.25) is 5.02 Å². The SMILES string of the molecule is Cc1nn(CC(=O)Nc2cc(Cl)ccc2-n2cncn2)c(=O)c2ccccc12. The molecule has 0 aliphatic rings. The highest BCUT2D eigenvalue weighted by atomic mass is 35.5. The van der Waals surface area contributed by atoms with Crippen molar-refractivity contribution >= 4 is 34.0 Å². The lowest BCUT2D eigenvalue weighted by Gasteiger charge is -2.12. The van der Waals surface area contributed by atoms with Crippen molar-refractivity contribution in [3.63, 3.8) is 0 Å². The largest absolute Gasteiger partial charge is 0.323 e. The van der Waals surface area contributed by atoms with Gasteiger partial charge in [0.05, 0.1) is 22.5 Å². The summed E-state index contributed by atoms with van der Waals surface area (Å²) in [4.78, 5) is 29.2. The van der Waals surface area contributed by atoms with Crippen molar-refractivity contribution in [1.29, 1.82) is 0 Å². The molecule has 1 N–H and O–H groups in total. The first-order valence-electron chi connectivity index (χ1n) is 8.44. The minimum Gasteiger partial charge on any atom is -0.323 e. The van der Waals surface area contributed by atoms with Crippen LogP contribution < -0.4 is 10.9 Å². The Kier molecular flexibility index (Phi) is 4.62. The molecular weight excluding hydrogens is 380 g/mol. The number of anilines is 1. The van der Waals surface area contributed by atoms with Gasteiger partial charge in [0, 0.05) is 10.4 Å². The molecule has 0 spiro atoms. The Hall–Kier alpha value is -3.52. The van der Waals surface area contributed by atoms with E-state index in [1.165, 1.54) is 17.3 Å². The van der Waals surface area contributed by atoms with Crippen LogP contribution in [0.4, 0.5) is 5.69 Å². The lowest BCUT2D eigenvalue weighted by Crippen LogP contribution is -2.30. The fourth-order valence-electron chi connectivity index (χ4n) is 2.98. The third kappa shape index (κ3) is 3.37. The third-order valence-electron chi connectivity index (χ3n) is 4.24. The van der Waals surface area contributed by atoms with Gasteiger partial charge >= 0.3 is 0 Å². The molecule has 4 rings (SSSR count). The van der Waals surface area contributed by atoms with Gasteiger partial charge in [0.1, 0.15) is 19.2 Å². The van der Waals surface area contributed by atoms with Crippen LogP contribution in [-0.4, -0.2) is 30.5 Å². The van der Waals surface area contributed by atoms with E-state index in [9.17, 15) is 9.59 Å². The molecule has 4 aromatic rings. The van der Waals surface area contributed by atoms with Crippen molar-refractivity contribution < 1.29 is 4.79 Å². The summed E-state index contributed by atoms with van der Waals surface area (Å²) in [5, 5.41) is 12.9. The lowest BCUT2D eigenvalue weighted by molar-refractivity contribution is -0.117. The fraction of sp³-hybridized carbons (Fsp3) is 0.105. The molecule has 0 unspecified atom stereocenters. The number of hydrogen-bond acceptors (Lipinski definition) is 5. The molecule has 0 saturated carbocycles. The minimum atomic E-state index is -0.409. The summed E-state index contributed by atoms with van der Waals surface area (Å²) in [6.45, 7) is 1.57. The topological polar surface area (TPSA) is 94.7 Å². The number of fused-ring (bicyclic) bond motifs is 1. The van der Waals surface area contributed by atoms with E-state index >= 15 is 0 Å². The van der Waals surface area contributed by atoms with Gasteiger partial charge in [-0.15, -0.1) is 0 Å². The van der Waals surface area contributed by atoms with Crippen molar-refractivity contribution in [3.05, 3.63) is 76.2 Å². The number of nitrogens with zero attached hydrogens (tertiary/aromatic N) is 5. The molecule has 1 amide bonds. The summed E-state index contributed by atoms with van der Waals surface area (Å²) in [5.74, 6) is -0.409. The molecule has 0 aliphatic heterocycles. The van der Waals surface area contributed by atoms with Crippen molar-refractivity contribution in [2.45, 2.75) is 13.5 Å². The van der Waals surface area contributed by atoms with Gasteiger partial charge in [-0.1, -0.05) is 29.8 Å². The van der Waals surface area contributed by atoms with Crippen molar-refractivity contribution in [2.75, 3.05) is 5.32 Å². The third-order valence-corrected chi connectivity index (χ3v) is 4.48. The highest BCUT2D eigenvalue weighted by molar-refractivity contribution is 6.31. The van der Waals surface area contributed by atoms with Gasteiger partial charge in [-0.05, 0) is 31.2 Å². The van der Waals surface area contributed by atoms with E-state index in [1.807, 2.05) is 12.1 Å². The van der Waals surface area contributed by atoms with E-state index in [0.29, 0.717) is 27.5 Å². The number of carbonyl (C=O) groups excluding carboxylic acids is 1. The molecule has 0 bridgehead atoms. The molecule has 0 saturated heterocycles. The monoisotopic (exact) mass is 394 g/mol. The molecule has 2 aromatic heterocycles. The second-order valence-corrected chi connectivity index (χ2v) is 6.58. The van der Waals surface area contributed by atoms with Crippen LogP contribution in [0.25, 0.3) is 16.5 Å². The average molecular weight is 395 g/mol. The summed E-state index contributed by atoms with van der Waals surface area (Å²) in [6, 6.07) is 12.2. The van der Waals surface area contributed by atoms with E-state index in [-0.39, 0.29) is 12.1 Å². The van der Waals surface area contributed by atoms with E-state index in [4.69, 9.17) is 11.6 Å². The standard InChI is InChI=1S/C19H15ClN6O2/c1-12-14-4-2-3-5-15(14)19(28)25(24-12)9-18(27)23-16-8-13(20)6-7-17(16)26-11-21-10-22-26/h2-8,10-11H,9H2,1H3,(H,23,27). The first kappa shape index (κ1) is 17.9. The van der Waals surface area contributed by atoms with Crippen LogP contribution >= 0.6 is 11.6 Å². The molecule has 0 atom stereocenters. The van der Waals surface area contributed by atoms with Crippen LogP contribution in [-0.2, 0) is 11.3 Å². The number of carbonyl (C=O) groups is 1. The van der Waals surface area contributed by atoms with Crippen LogP contribution in [0.15, 0.2) is 59.9 Å². The van der Waals surface area contributed by atoms with Crippen molar-refractivity contribution in [2.24, 2.45) is 0 Å². The van der Waals surface area contributed by atoms with E-state index < -0.39 is 5.91 Å². The number of aromatic nitrogens is 5. The molecule has 28 heavy (non-hydrogen) atoms. The number of hydrogen-bond donors (Lipinski definition) is 1. The number of nitrogens with one attached hydrogen (secondary N) is 1. The summed E-state index contributed by atoms with van der Waals surface area (Å²) >= 11 is 6.07. The second-order valence-electron chi connectivity index (χ2n) is 6.14. The maximum Gasteiger partial charge on any atom is 0.275 e. The van der Waals surface area contributed by atoms with Gasteiger partial charge in [0.2, 0.25) is 5.91 Å². The molecule has 0 aliphatic carbocycles. The molecule has 8 nitrogen and oxygen atoms in total. The van der Waals surface area contributed by atoms with Crippen molar-refractivity contribution in [1.82, 2.24) is 24.5 Å². The summed E-state index contributed by atoms with van der Waals surface area (Å²) in [5.41, 5.74) is 1.41. The number of halogens is 1. The predicted molar refractivity (Wildman–Crippen MR) is 106 cm³/mol. The van der Waals surface area contributed by atoms with Gasteiger partial charge in [-0.3, -0.25) is 9.59 Å². The second kappa shape index (κ2) is 7.24. The Bertz CT molecular complexity index is 1230. The van der Waals surface area contributed by atoms with Gasteiger partial charge in [-0.2, -0.15) is 10.2 Å². The van der Waals surface area contributed by atoms with E-state index in [2.05, 4.69) is 20.5 Å². The highest BCUT2D eigenvalue weighted by Crippen LogP contribution is 2.24. The molecule has 2 aromatic carbocycles. The Morgan fingerprint density at radius 2 is 1.96 bits per heavy atom. The van der Waals surface area contributed by atoms with Gasteiger partial charge < -0.3 is 5.32 Å². The number of benzene rings is 2. The summed E-state index contributed by atoms with van der Waals surface area (Å²) in [6.07, 6.45) is 2.90. The Morgan fingerprint density at radius 1 is 1.18 bits per heavy atom. The Balaban J connectivity index is 1.65. The predicted octanol–water partition coefficient (Wildman–Crippen LogP) is 2.58. The molecule has 0 radical (unpaired) electrons. The van der Waals surface area contributed by atoms with Gasteiger partial charge in [0.25, 0.3) is 5.56 Å². The first-order valence-corrected chi connectivity index (χ1v) is 8.81. The van der Waals surface area contributed by atoms with Crippen LogP contribution in [0.5, 0.6) is 0 Å².